The Kier molecular flexibility index (Phi) is 6.02. The lowest BCUT2D eigenvalue weighted by Gasteiger charge is -2.41. The molecule has 4 nitrogen and oxygen atoms in total. The van der Waals surface area contributed by atoms with Gasteiger partial charge in [-0.3, -0.25) is 10.1 Å². The lowest BCUT2D eigenvalue weighted by molar-refractivity contribution is -0.125. The number of rotatable bonds is 6. The second-order valence-corrected chi connectivity index (χ2v) is 7.23. The summed E-state index contributed by atoms with van der Waals surface area (Å²) in [6.45, 7) is 10.3. The molecule has 0 aromatic rings. The van der Waals surface area contributed by atoms with Gasteiger partial charge >= 0.3 is 0 Å². The molecule has 0 bridgehead atoms. The van der Waals surface area contributed by atoms with Gasteiger partial charge in [0.05, 0.1) is 12.6 Å². The quantitative estimate of drug-likeness (QED) is 0.701. The molecule has 0 aromatic heterocycles. The number of aliphatic hydroxyl groups excluding tert-OH is 1. The van der Waals surface area contributed by atoms with Crippen LogP contribution in [0.1, 0.15) is 66.7 Å². The lowest BCUT2D eigenvalue weighted by Crippen LogP contribution is -2.60. The Labute approximate surface area is 123 Å². The molecule has 20 heavy (non-hydrogen) atoms. The Hall–Kier alpha value is -0.610. The molecule has 1 aliphatic carbocycles. The van der Waals surface area contributed by atoms with E-state index in [0.29, 0.717) is 5.92 Å². The molecule has 1 amide bonds. The van der Waals surface area contributed by atoms with E-state index in [2.05, 4.69) is 24.5 Å². The first-order valence-corrected chi connectivity index (χ1v) is 7.94. The van der Waals surface area contributed by atoms with E-state index in [1.54, 1.807) is 0 Å². The van der Waals surface area contributed by atoms with Crippen molar-refractivity contribution in [3.8, 4) is 0 Å². The van der Waals surface area contributed by atoms with E-state index in [9.17, 15) is 9.90 Å². The van der Waals surface area contributed by atoms with Crippen molar-refractivity contribution in [1.29, 1.82) is 0 Å². The van der Waals surface area contributed by atoms with Crippen LogP contribution < -0.4 is 10.6 Å². The van der Waals surface area contributed by atoms with Crippen molar-refractivity contribution < 1.29 is 9.90 Å². The summed E-state index contributed by atoms with van der Waals surface area (Å²) >= 11 is 0. The summed E-state index contributed by atoms with van der Waals surface area (Å²) in [4.78, 5) is 12.3. The van der Waals surface area contributed by atoms with Crippen molar-refractivity contribution in [3.63, 3.8) is 0 Å². The molecule has 0 aliphatic heterocycles. The standard InChI is InChI=1S/C16H32N2O2/c1-6-15(4,5)18-14(20)13(3)17-16(11-19)9-7-8-12(2)10-16/h12-13,17,19H,6-11H2,1-5H3,(H,18,20). The van der Waals surface area contributed by atoms with Crippen molar-refractivity contribution in [1.82, 2.24) is 10.6 Å². The molecule has 1 fully saturated rings. The predicted molar refractivity (Wildman–Crippen MR) is 82.6 cm³/mol. The Morgan fingerprint density at radius 2 is 2.15 bits per heavy atom. The number of hydrogen-bond acceptors (Lipinski definition) is 3. The van der Waals surface area contributed by atoms with Crippen LogP contribution in [0.25, 0.3) is 0 Å². The number of carbonyl (C=O) groups is 1. The van der Waals surface area contributed by atoms with Crippen molar-refractivity contribution in [2.24, 2.45) is 5.92 Å². The number of carbonyl (C=O) groups excluding carboxylic acids is 1. The Morgan fingerprint density at radius 3 is 2.65 bits per heavy atom. The molecule has 0 radical (unpaired) electrons. The van der Waals surface area contributed by atoms with E-state index in [4.69, 9.17) is 0 Å². The number of amides is 1. The van der Waals surface area contributed by atoms with E-state index < -0.39 is 0 Å². The van der Waals surface area contributed by atoms with Gasteiger partial charge in [0, 0.05) is 11.1 Å². The SMILES string of the molecule is CCC(C)(C)NC(=O)C(C)NC1(CO)CCCC(C)C1. The summed E-state index contributed by atoms with van der Waals surface area (Å²) in [5, 5.41) is 16.2. The summed E-state index contributed by atoms with van der Waals surface area (Å²) < 4.78 is 0. The third kappa shape index (κ3) is 4.74. The Morgan fingerprint density at radius 1 is 1.50 bits per heavy atom. The minimum absolute atomic E-state index is 0.0166. The molecule has 118 valence electrons. The minimum atomic E-state index is -0.287. The van der Waals surface area contributed by atoms with Crippen molar-refractivity contribution in [3.05, 3.63) is 0 Å². The monoisotopic (exact) mass is 284 g/mol. The van der Waals surface area contributed by atoms with Crippen LogP contribution in [0.3, 0.4) is 0 Å². The van der Waals surface area contributed by atoms with Crippen LogP contribution in [0.2, 0.25) is 0 Å². The molecular formula is C16H32N2O2. The molecule has 4 heteroatoms. The van der Waals surface area contributed by atoms with E-state index >= 15 is 0 Å². The van der Waals surface area contributed by atoms with Gasteiger partial charge in [-0.15, -0.1) is 0 Å². The maximum atomic E-state index is 12.3. The summed E-state index contributed by atoms with van der Waals surface area (Å²) in [6.07, 6.45) is 5.12. The zero-order valence-corrected chi connectivity index (χ0v) is 13.8. The lowest BCUT2D eigenvalue weighted by atomic mass is 9.76. The molecule has 1 rings (SSSR count). The first-order valence-electron chi connectivity index (χ1n) is 7.94. The highest BCUT2D eigenvalue weighted by atomic mass is 16.3. The third-order valence-corrected chi connectivity index (χ3v) is 4.66. The van der Waals surface area contributed by atoms with Gasteiger partial charge in [0.1, 0.15) is 0 Å². The molecule has 0 heterocycles. The van der Waals surface area contributed by atoms with Crippen LogP contribution in [-0.4, -0.2) is 34.7 Å². The maximum Gasteiger partial charge on any atom is 0.237 e. The highest BCUT2D eigenvalue weighted by Crippen LogP contribution is 2.32. The largest absolute Gasteiger partial charge is 0.394 e. The van der Waals surface area contributed by atoms with Crippen molar-refractivity contribution in [2.75, 3.05) is 6.61 Å². The fourth-order valence-electron chi connectivity index (χ4n) is 3.04. The molecule has 3 unspecified atom stereocenters. The summed E-state index contributed by atoms with van der Waals surface area (Å²) in [7, 11) is 0. The fourth-order valence-corrected chi connectivity index (χ4v) is 3.04. The molecule has 1 aliphatic rings. The second-order valence-electron chi connectivity index (χ2n) is 7.23. The van der Waals surface area contributed by atoms with Gasteiger partial charge < -0.3 is 10.4 Å². The second kappa shape index (κ2) is 6.90. The van der Waals surface area contributed by atoms with Gasteiger partial charge in [-0.2, -0.15) is 0 Å². The molecule has 3 atom stereocenters. The van der Waals surface area contributed by atoms with Gasteiger partial charge in [-0.25, -0.2) is 0 Å². The first kappa shape index (κ1) is 17.4. The van der Waals surface area contributed by atoms with Crippen LogP contribution in [0.5, 0.6) is 0 Å². The molecule has 0 aromatic carbocycles. The molecule has 0 spiro atoms. The van der Waals surface area contributed by atoms with Crippen LogP contribution in [0, 0.1) is 5.92 Å². The van der Waals surface area contributed by atoms with E-state index in [1.165, 1.54) is 6.42 Å². The van der Waals surface area contributed by atoms with Gasteiger partial charge in [-0.05, 0) is 46.0 Å². The number of aliphatic hydroxyl groups is 1. The smallest absolute Gasteiger partial charge is 0.237 e. The van der Waals surface area contributed by atoms with Crippen LogP contribution in [0.4, 0.5) is 0 Å². The summed E-state index contributed by atoms with van der Waals surface area (Å²) in [5.41, 5.74) is -0.468. The minimum Gasteiger partial charge on any atom is -0.394 e. The number of nitrogens with one attached hydrogen (secondary N) is 2. The van der Waals surface area contributed by atoms with E-state index in [-0.39, 0.29) is 29.6 Å². The highest BCUT2D eigenvalue weighted by Gasteiger charge is 2.37. The van der Waals surface area contributed by atoms with E-state index in [1.807, 2.05) is 20.8 Å². The van der Waals surface area contributed by atoms with Crippen molar-refractivity contribution in [2.45, 2.75) is 83.8 Å². The number of hydrogen-bond donors (Lipinski definition) is 3. The van der Waals surface area contributed by atoms with Gasteiger partial charge in [0.2, 0.25) is 5.91 Å². The topological polar surface area (TPSA) is 61.4 Å². The van der Waals surface area contributed by atoms with Gasteiger partial charge in [-0.1, -0.05) is 26.7 Å². The Bertz CT molecular complexity index is 330. The van der Waals surface area contributed by atoms with E-state index in [0.717, 1.165) is 25.7 Å². The zero-order chi connectivity index (χ0) is 15.4. The average molecular weight is 284 g/mol. The predicted octanol–water partition coefficient (Wildman–Crippen LogP) is 2.21. The molecule has 1 saturated carbocycles. The summed E-state index contributed by atoms with van der Waals surface area (Å²) in [5.74, 6) is 0.619. The normalized spacial score (nSPS) is 29.0. The van der Waals surface area contributed by atoms with Gasteiger partial charge in [0.25, 0.3) is 0 Å². The zero-order valence-electron chi connectivity index (χ0n) is 13.8. The fraction of sp³-hybridized carbons (Fsp3) is 0.938. The average Bonchev–Trinajstić information content (AvgIpc) is 2.38. The third-order valence-electron chi connectivity index (χ3n) is 4.66. The van der Waals surface area contributed by atoms with Gasteiger partial charge in [0.15, 0.2) is 0 Å². The molecule has 0 saturated heterocycles. The van der Waals surface area contributed by atoms with Crippen molar-refractivity contribution >= 4 is 5.91 Å². The van der Waals surface area contributed by atoms with Crippen LogP contribution >= 0.6 is 0 Å². The maximum absolute atomic E-state index is 12.3. The van der Waals surface area contributed by atoms with Crippen LogP contribution in [0.15, 0.2) is 0 Å². The summed E-state index contributed by atoms with van der Waals surface area (Å²) in [6, 6.07) is -0.279. The molecule has 3 N–H and O–H groups in total. The Balaban J connectivity index is 2.63. The first-order chi connectivity index (χ1) is 9.23. The molecular weight excluding hydrogens is 252 g/mol. The highest BCUT2D eigenvalue weighted by molar-refractivity contribution is 5.82. The van der Waals surface area contributed by atoms with Crippen LogP contribution in [-0.2, 0) is 4.79 Å².